The molecule has 0 saturated carbocycles. The molecule has 1 atom stereocenters. The smallest absolute Gasteiger partial charge is 0.248 e. The van der Waals surface area contributed by atoms with Crippen molar-refractivity contribution in [2.45, 2.75) is 6.04 Å². The van der Waals surface area contributed by atoms with Crippen molar-refractivity contribution in [3.8, 4) is 5.75 Å². The van der Waals surface area contributed by atoms with E-state index in [9.17, 15) is 0 Å². The highest BCUT2D eigenvalue weighted by Gasteiger charge is 2.24. The van der Waals surface area contributed by atoms with Crippen LogP contribution in [0.4, 0.5) is 5.95 Å². The monoisotopic (exact) mass is 383 g/mol. The number of fused-ring (bicyclic) bond motifs is 1. The maximum atomic E-state index is 5.23. The maximum Gasteiger partial charge on any atom is 0.248 e. The molecule has 0 aliphatic carbocycles. The highest BCUT2D eigenvalue weighted by atomic mass is 79.9. The lowest BCUT2D eigenvalue weighted by atomic mass is 10.0. The van der Waals surface area contributed by atoms with Crippen molar-refractivity contribution in [1.82, 2.24) is 20.2 Å². The molecule has 0 fully saturated rings. The fourth-order valence-electron chi connectivity index (χ4n) is 2.72. The summed E-state index contributed by atoms with van der Waals surface area (Å²) < 4.78 is 8.02. The molecule has 0 radical (unpaired) electrons. The van der Waals surface area contributed by atoms with Gasteiger partial charge in [0.05, 0.1) is 7.11 Å². The molecule has 2 heterocycles. The molecule has 1 aliphatic rings. The lowest BCUT2D eigenvalue weighted by Crippen LogP contribution is -2.20. The standard InChI is InChI=1S/C17H14BrN5O/c1-24-14-7-5-11(6-8-14)16-10-15(12-3-2-4-13(18)9-12)19-17-20-21-22-23(16)17/h2-10,16H,1H3,(H,19,20,22)/t16-/m1/s1. The van der Waals surface area contributed by atoms with E-state index in [2.05, 4.69) is 48.9 Å². The normalized spacial score (nSPS) is 16.1. The zero-order valence-electron chi connectivity index (χ0n) is 12.8. The van der Waals surface area contributed by atoms with Crippen LogP contribution in [0.1, 0.15) is 17.2 Å². The van der Waals surface area contributed by atoms with Gasteiger partial charge in [-0.05, 0) is 51.9 Å². The number of methoxy groups -OCH3 is 1. The Morgan fingerprint density at radius 1 is 1.17 bits per heavy atom. The summed E-state index contributed by atoms with van der Waals surface area (Å²) in [5.41, 5.74) is 3.12. The summed E-state index contributed by atoms with van der Waals surface area (Å²) in [5, 5.41) is 15.3. The van der Waals surface area contributed by atoms with E-state index < -0.39 is 0 Å². The van der Waals surface area contributed by atoms with E-state index in [1.165, 1.54) is 0 Å². The van der Waals surface area contributed by atoms with Crippen LogP contribution in [-0.4, -0.2) is 27.3 Å². The Kier molecular flexibility index (Phi) is 3.78. The first-order chi connectivity index (χ1) is 11.7. The van der Waals surface area contributed by atoms with E-state index in [4.69, 9.17) is 4.74 Å². The predicted molar refractivity (Wildman–Crippen MR) is 94.7 cm³/mol. The van der Waals surface area contributed by atoms with Crippen LogP contribution in [0.2, 0.25) is 0 Å². The number of hydrogen-bond acceptors (Lipinski definition) is 5. The second kappa shape index (κ2) is 6.09. The van der Waals surface area contributed by atoms with Gasteiger partial charge in [0, 0.05) is 10.2 Å². The number of halogens is 1. The Hall–Kier alpha value is -2.67. The van der Waals surface area contributed by atoms with Crippen LogP contribution in [0.5, 0.6) is 5.75 Å². The van der Waals surface area contributed by atoms with Gasteiger partial charge in [-0.25, -0.2) is 0 Å². The molecule has 3 aromatic rings. The van der Waals surface area contributed by atoms with Crippen LogP contribution in [0.25, 0.3) is 5.70 Å². The third kappa shape index (κ3) is 2.67. The number of nitrogens with zero attached hydrogens (tertiary/aromatic N) is 4. The molecule has 0 unspecified atom stereocenters. The minimum atomic E-state index is -0.0869. The zero-order chi connectivity index (χ0) is 16.5. The molecule has 0 amide bonds. The Bertz CT molecular complexity index is 903. The van der Waals surface area contributed by atoms with E-state index in [-0.39, 0.29) is 6.04 Å². The van der Waals surface area contributed by atoms with Gasteiger partial charge >= 0.3 is 0 Å². The van der Waals surface area contributed by atoms with Crippen molar-refractivity contribution in [3.05, 3.63) is 70.2 Å². The summed E-state index contributed by atoms with van der Waals surface area (Å²) in [7, 11) is 1.66. The minimum Gasteiger partial charge on any atom is -0.497 e. The molecule has 1 N–H and O–H groups in total. The van der Waals surface area contributed by atoms with Crippen LogP contribution in [-0.2, 0) is 0 Å². The average Bonchev–Trinajstić information content (AvgIpc) is 3.09. The van der Waals surface area contributed by atoms with Crippen molar-refractivity contribution in [2.75, 3.05) is 12.4 Å². The number of benzene rings is 2. The van der Waals surface area contributed by atoms with Gasteiger partial charge in [0.25, 0.3) is 0 Å². The molecule has 0 spiro atoms. The number of ether oxygens (including phenoxy) is 1. The summed E-state index contributed by atoms with van der Waals surface area (Å²) >= 11 is 3.51. The van der Waals surface area contributed by atoms with Gasteiger partial charge in [-0.15, -0.1) is 0 Å². The fourth-order valence-corrected chi connectivity index (χ4v) is 3.12. The first-order valence-electron chi connectivity index (χ1n) is 7.41. The van der Waals surface area contributed by atoms with Crippen molar-refractivity contribution in [2.24, 2.45) is 0 Å². The molecule has 120 valence electrons. The van der Waals surface area contributed by atoms with E-state index >= 15 is 0 Å². The highest BCUT2D eigenvalue weighted by molar-refractivity contribution is 9.10. The number of allylic oxidation sites excluding steroid dienone is 1. The van der Waals surface area contributed by atoms with Crippen LogP contribution < -0.4 is 10.1 Å². The zero-order valence-corrected chi connectivity index (χ0v) is 14.4. The van der Waals surface area contributed by atoms with E-state index in [0.717, 1.165) is 27.0 Å². The van der Waals surface area contributed by atoms with Gasteiger partial charge in [0.15, 0.2) is 0 Å². The topological polar surface area (TPSA) is 64.9 Å². The van der Waals surface area contributed by atoms with E-state index in [1.807, 2.05) is 42.5 Å². The molecule has 4 rings (SSSR count). The maximum absolute atomic E-state index is 5.23. The summed E-state index contributed by atoms with van der Waals surface area (Å²) in [6.07, 6.45) is 2.12. The van der Waals surface area contributed by atoms with Gasteiger partial charge in [-0.3, -0.25) is 0 Å². The van der Waals surface area contributed by atoms with Crippen LogP contribution >= 0.6 is 15.9 Å². The number of hydrogen-bond donors (Lipinski definition) is 1. The van der Waals surface area contributed by atoms with Crippen molar-refractivity contribution in [1.29, 1.82) is 0 Å². The van der Waals surface area contributed by atoms with Gasteiger partial charge in [0.1, 0.15) is 11.8 Å². The number of aromatic nitrogens is 4. The Balaban J connectivity index is 1.78. The molecule has 1 aromatic heterocycles. The third-order valence-electron chi connectivity index (χ3n) is 3.92. The molecule has 6 nitrogen and oxygen atoms in total. The summed E-state index contributed by atoms with van der Waals surface area (Å²) in [6, 6.07) is 15.9. The summed E-state index contributed by atoms with van der Waals surface area (Å²) in [5.74, 6) is 1.44. The number of rotatable bonds is 3. The predicted octanol–water partition coefficient (Wildman–Crippen LogP) is 3.50. The second-order valence-corrected chi connectivity index (χ2v) is 6.30. The van der Waals surface area contributed by atoms with Crippen molar-refractivity contribution < 1.29 is 4.74 Å². The number of anilines is 1. The lowest BCUT2D eigenvalue weighted by molar-refractivity contribution is 0.414. The first kappa shape index (κ1) is 14.9. The molecule has 7 heteroatoms. The molecule has 1 aliphatic heterocycles. The van der Waals surface area contributed by atoms with E-state index in [1.54, 1.807) is 11.8 Å². The van der Waals surface area contributed by atoms with Gasteiger partial charge in [0.2, 0.25) is 5.95 Å². The summed E-state index contributed by atoms with van der Waals surface area (Å²) in [6.45, 7) is 0. The number of tetrazole rings is 1. The van der Waals surface area contributed by atoms with Crippen molar-refractivity contribution in [3.63, 3.8) is 0 Å². The molecule has 0 saturated heterocycles. The molecule has 0 bridgehead atoms. The highest BCUT2D eigenvalue weighted by Crippen LogP contribution is 2.32. The average molecular weight is 384 g/mol. The molecule has 2 aromatic carbocycles. The van der Waals surface area contributed by atoms with Crippen LogP contribution in [0, 0.1) is 0 Å². The molecular weight excluding hydrogens is 370 g/mol. The quantitative estimate of drug-likeness (QED) is 0.749. The Morgan fingerprint density at radius 3 is 2.75 bits per heavy atom. The minimum absolute atomic E-state index is 0.0869. The molecular formula is C17H14BrN5O. The number of nitrogens with one attached hydrogen (secondary N) is 1. The third-order valence-corrected chi connectivity index (χ3v) is 4.41. The second-order valence-electron chi connectivity index (χ2n) is 5.38. The van der Waals surface area contributed by atoms with Gasteiger partial charge in [-0.2, -0.15) is 4.68 Å². The van der Waals surface area contributed by atoms with E-state index in [0.29, 0.717) is 5.95 Å². The van der Waals surface area contributed by atoms with Gasteiger partial charge < -0.3 is 10.1 Å². The van der Waals surface area contributed by atoms with Crippen LogP contribution in [0.15, 0.2) is 59.1 Å². The fraction of sp³-hybridized carbons (Fsp3) is 0.118. The SMILES string of the molecule is COc1ccc([C@H]2C=C(c3cccc(Br)c3)Nc3nnnn32)cc1. The van der Waals surface area contributed by atoms with Crippen LogP contribution in [0.3, 0.4) is 0 Å². The first-order valence-corrected chi connectivity index (χ1v) is 8.20. The van der Waals surface area contributed by atoms with Gasteiger partial charge in [-0.1, -0.05) is 45.3 Å². The lowest BCUT2D eigenvalue weighted by Gasteiger charge is -2.23. The Labute approximate surface area is 147 Å². The summed E-state index contributed by atoms with van der Waals surface area (Å²) in [4.78, 5) is 0. The largest absolute Gasteiger partial charge is 0.497 e. The van der Waals surface area contributed by atoms with Crippen molar-refractivity contribution >= 4 is 27.6 Å². The molecule has 24 heavy (non-hydrogen) atoms. The Morgan fingerprint density at radius 2 is 2.00 bits per heavy atom.